The van der Waals surface area contributed by atoms with Gasteiger partial charge in [0.05, 0.1) is 19.8 Å². The molecule has 1 aliphatic rings. The zero-order chi connectivity index (χ0) is 21.2. The Morgan fingerprint density at radius 1 is 1.30 bits per heavy atom. The van der Waals surface area contributed by atoms with Crippen LogP contribution < -0.4 is 15.4 Å². The molecule has 8 nitrogen and oxygen atoms in total. The number of aromatic nitrogens is 2. The third-order valence-corrected chi connectivity index (χ3v) is 4.90. The van der Waals surface area contributed by atoms with E-state index in [-0.39, 0.29) is 0 Å². The van der Waals surface area contributed by atoms with Crippen LogP contribution in [0.2, 0.25) is 0 Å². The Morgan fingerprint density at radius 2 is 2.20 bits per heavy atom. The first-order chi connectivity index (χ1) is 14.6. The van der Waals surface area contributed by atoms with Crippen molar-refractivity contribution >= 4 is 5.96 Å². The molecule has 1 atom stereocenters. The fourth-order valence-corrected chi connectivity index (χ4v) is 3.24. The molecule has 2 aromatic rings. The van der Waals surface area contributed by atoms with E-state index >= 15 is 0 Å². The molecule has 1 unspecified atom stereocenters. The molecule has 2 N–H and O–H groups in total. The number of benzene rings is 1. The molecule has 1 saturated heterocycles. The highest BCUT2D eigenvalue weighted by molar-refractivity contribution is 5.79. The number of ether oxygens (including phenoxy) is 2. The molecule has 164 valence electrons. The van der Waals surface area contributed by atoms with E-state index in [1.54, 1.807) is 0 Å². The molecule has 8 heteroatoms. The molecule has 1 aliphatic heterocycles. The molecule has 0 spiro atoms. The van der Waals surface area contributed by atoms with Crippen molar-refractivity contribution in [2.45, 2.75) is 46.6 Å². The van der Waals surface area contributed by atoms with Gasteiger partial charge in [-0.25, -0.2) is 4.99 Å². The molecule has 30 heavy (non-hydrogen) atoms. The molecule has 0 radical (unpaired) electrons. The van der Waals surface area contributed by atoms with Crippen LogP contribution in [0.5, 0.6) is 5.75 Å². The highest BCUT2D eigenvalue weighted by atomic mass is 16.5. The monoisotopic (exact) mass is 415 g/mol. The van der Waals surface area contributed by atoms with Crippen LogP contribution >= 0.6 is 0 Å². The van der Waals surface area contributed by atoms with Gasteiger partial charge >= 0.3 is 0 Å². The Morgan fingerprint density at radius 3 is 2.93 bits per heavy atom. The van der Waals surface area contributed by atoms with Gasteiger partial charge in [0.25, 0.3) is 0 Å². The van der Waals surface area contributed by atoms with Crippen LogP contribution in [-0.2, 0) is 17.7 Å². The summed E-state index contributed by atoms with van der Waals surface area (Å²) >= 11 is 0. The Hall–Kier alpha value is -2.61. The quantitative estimate of drug-likeness (QED) is 0.350. The zero-order valence-electron chi connectivity index (χ0n) is 18.2. The lowest BCUT2D eigenvalue weighted by Gasteiger charge is -2.15. The predicted octanol–water partition coefficient (Wildman–Crippen LogP) is 2.79. The minimum absolute atomic E-state index is 0.475. The normalized spacial score (nSPS) is 16.6. The molecular formula is C22H33N5O3. The number of aryl methyl sites for hydroxylation is 3. The van der Waals surface area contributed by atoms with Gasteiger partial charge in [-0.15, -0.1) is 0 Å². The third-order valence-electron chi connectivity index (χ3n) is 4.90. The molecule has 2 heterocycles. The summed E-state index contributed by atoms with van der Waals surface area (Å²) in [6.45, 7) is 10.4. The molecule has 1 aromatic heterocycles. The lowest BCUT2D eigenvalue weighted by Crippen LogP contribution is -2.37. The second-order valence-electron chi connectivity index (χ2n) is 7.61. The number of hydrogen-bond donors (Lipinski definition) is 2. The smallest absolute Gasteiger partial charge is 0.226 e. The van der Waals surface area contributed by atoms with Crippen molar-refractivity contribution < 1.29 is 14.0 Å². The van der Waals surface area contributed by atoms with Crippen LogP contribution in [0.4, 0.5) is 0 Å². The van der Waals surface area contributed by atoms with E-state index in [0.717, 1.165) is 62.8 Å². The Balaban J connectivity index is 1.53. The van der Waals surface area contributed by atoms with E-state index in [4.69, 9.17) is 19.0 Å². The first-order valence-electron chi connectivity index (χ1n) is 10.8. The van der Waals surface area contributed by atoms with E-state index in [2.05, 4.69) is 52.8 Å². The second-order valence-corrected chi connectivity index (χ2v) is 7.61. The fraction of sp³-hybridized carbons (Fsp3) is 0.591. The molecule has 3 rings (SSSR count). The van der Waals surface area contributed by atoms with Gasteiger partial charge in [0.1, 0.15) is 5.75 Å². The summed E-state index contributed by atoms with van der Waals surface area (Å²) in [5.74, 6) is 3.52. The third kappa shape index (κ3) is 7.02. The highest BCUT2D eigenvalue weighted by Gasteiger charge is 2.17. The van der Waals surface area contributed by atoms with Crippen LogP contribution in [0, 0.1) is 19.8 Å². The maximum Gasteiger partial charge on any atom is 0.226 e. The molecule has 0 bridgehead atoms. The first-order valence-corrected chi connectivity index (χ1v) is 10.8. The summed E-state index contributed by atoms with van der Waals surface area (Å²) in [4.78, 5) is 8.97. The van der Waals surface area contributed by atoms with Gasteiger partial charge in [0.2, 0.25) is 5.89 Å². The van der Waals surface area contributed by atoms with Gasteiger partial charge in [-0.1, -0.05) is 17.3 Å². The van der Waals surface area contributed by atoms with Crippen LogP contribution in [0.15, 0.2) is 27.7 Å². The summed E-state index contributed by atoms with van der Waals surface area (Å²) in [6.07, 6.45) is 2.69. The van der Waals surface area contributed by atoms with E-state index < -0.39 is 0 Å². The Kier molecular flexibility index (Phi) is 8.50. The molecular weight excluding hydrogens is 382 g/mol. The summed E-state index contributed by atoms with van der Waals surface area (Å²) in [6, 6.07) is 6.29. The summed E-state index contributed by atoms with van der Waals surface area (Å²) < 4.78 is 16.7. The minimum atomic E-state index is 0.475. The van der Waals surface area contributed by atoms with Crippen LogP contribution in [0.1, 0.15) is 42.6 Å². The van der Waals surface area contributed by atoms with E-state index in [9.17, 15) is 0 Å². The average molecular weight is 416 g/mol. The van der Waals surface area contributed by atoms with E-state index in [1.807, 2.05) is 6.92 Å². The zero-order valence-corrected chi connectivity index (χ0v) is 18.2. The van der Waals surface area contributed by atoms with Gasteiger partial charge in [0, 0.05) is 37.6 Å². The van der Waals surface area contributed by atoms with Gasteiger partial charge in [-0.2, -0.15) is 4.98 Å². The lowest BCUT2D eigenvalue weighted by molar-refractivity contribution is 0.166. The van der Waals surface area contributed by atoms with Crippen molar-refractivity contribution in [3.63, 3.8) is 0 Å². The van der Waals surface area contributed by atoms with Crippen molar-refractivity contribution in [3.8, 4) is 5.75 Å². The van der Waals surface area contributed by atoms with Crippen LogP contribution in [0.25, 0.3) is 0 Å². The van der Waals surface area contributed by atoms with E-state index in [0.29, 0.717) is 30.8 Å². The molecule has 0 aliphatic carbocycles. The molecule has 1 aromatic carbocycles. The molecule has 0 saturated carbocycles. The van der Waals surface area contributed by atoms with Gasteiger partial charge in [0.15, 0.2) is 11.8 Å². The fourth-order valence-electron chi connectivity index (χ4n) is 3.24. The maximum atomic E-state index is 6.13. The number of nitrogens with zero attached hydrogens (tertiary/aromatic N) is 3. The molecule has 1 fully saturated rings. The van der Waals surface area contributed by atoms with Crippen molar-refractivity contribution in [2.75, 3.05) is 32.9 Å². The van der Waals surface area contributed by atoms with E-state index in [1.165, 1.54) is 5.56 Å². The standard InChI is InChI=1S/C22H33N5O3/c1-4-23-22(24-10-5-6-21-26-17(3)27-30-21)25-13-19-8-7-16(2)12-20(19)29-15-18-9-11-28-14-18/h7-8,12,18H,4-6,9-11,13-15H2,1-3H3,(H2,23,24,25). The summed E-state index contributed by atoms with van der Waals surface area (Å²) in [5, 5.41) is 10.5. The van der Waals surface area contributed by atoms with Crippen LogP contribution in [0.3, 0.4) is 0 Å². The number of nitrogens with one attached hydrogen (secondary N) is 2. The SMILES string of the molecule is CCNC(=NCc1ccc(C)cc1OCC1CCOC1)NCCCc1nc(C)no1. The predicted molar refractivity (Wildman–Crippen MR) is 116 cm³/mol. The van der Waals surface area contributed by atoms with Crippen molar-refractivity contribution in [1.82, 2.24) is 20.8 Å². The Bertz CT molecular complexity index is 815. The van der Waals surface area contributed by atoms with Crippen molar-refractivity contribution in [2.24, 2.45) is 10.9 Å². The van der Waals surface area contributed by atoms with Crippen molar-refractivity contribution in [3.05, 3.63) is 41.0 Å². The largest absolute Gasteiger partial charge is 0.493 e. The lowest BCUT2D eigenvalue weighted by atomic mass is 10.1. The van der Waals surface area contributed by atoms with Crippen molar-refractivity contribution in [1.29, 1.82) is 0 Å². The summed E-state index contributed by atoms with van der Waals surface area (Å²) in [5.41, 5.74) is 2.26. The average Bonchev–Trinajstić information content (AvgIpc) is 3.40. The first kappa shape index (κ1) is 22.1. The second kappa shape index (κ2) is 11.5. The number of hydrogen-bond acceptors (Lipinski definition) is 6. The Labute approximate surface area is 178 Å². The topological polar surface area (TPSA) is 93.8 Å². The minimum Gasteiger partial charge on any atom is -0.493 e. The number of guanidine groups is 1. The maximum absolute atomic E-state index is 6.13. The number of aliphatic imine (C=N–C) groups is 1. The van der Waals surface area contributed by atoms with Gasteiger partial charge in [-0.3, -0.25) is 0 Å². The van der Waals surface area contributed by atoms with Gasteiger partial charge < -0.3 is 24.6 Å². The number of rotatable bonds is 10. The summed E-state index contributed by atoms with van der Waals surface area (Å²) in [7, 11) is 0. The molecule has 0 amide bonds. The highest BCUT2D eigenvalue weighted by Crippen LogP contribution is 2.23. The van der Waals surface area contributed by atoms with Gasteiger partial charge in [-0.05, 0) is 45.2 Å². The van der Waals surface area contributed by atoms with Crippen LogP contribution in [-0.4, -0.2) is 49.0 Å².